The third-order valence-corrected chi connectivity index (χ3v) is 1.41. The summed E-state index contributed by atoms with van der Waals surface area (Å²) < 4.78 is 6.17. The number of aromatic nitrogens is 1. The average Bonchev–Trinajstić information content (AvgIpc) is 2.10. The van der Waals surface area contributed by atoms with Gasteiger partial charge in [0, 0.05) is 13.2 Å². The highest BCUT2D eigenvalue weighted by Gasteiger charge is 2.07. The Morgan fingerprint density at radius 2 is 2.20 bits per heavy atom. The minimum absolute atomic E-state index is 0.225. The van der Waals surface area contributed by atoms with Gasteiger partial charge in [0.15, 0.2) is 0 Å². The molecule has 0 aliphatic carbocycles. The SMILES string of the molecule is CC(C)c1cn(C)oc1=O. The molecule has 1 aromatic heterocycles. The van der Waals surface area contributed by atoms with Crippen LogP contribution in [-0.4, -0.2) is 4.74 Å². The monoisotopic (exact) mass is 141 g/mol. The van der Waals surface area contributed by atoms with Crippen molar-refractivity contribution in [1.29, 1.82) is 0 Å². The summed E-state index contributed by atoms with van der Waals surface area (Å²) in [6.45, 7) is 3.93. The van der Waals surface area contributed by atoms with E-state index in [-0.39, 0.29) is 11.5 Å². The lowest BCUT2D eigenvalue weighted by molar-refractivity contribution is 0.285. The van der Waals surface area contributed by atoms with E-state index in [0.29, 0.717) is 0 Å². The van der Waals surface area contributed by atoms with Crippen LogP contribution in [0.25, 0.3) is 0 Å². The van der Waals surface area contributed by atoms with Crippen molar-refractivity contribution in [3.8, 4) is 0 Å². The summed E-state index contributed by atoms with van der Waals surface area (Å²) in [5.41, 5.74) is 0.514. The van der Waals surface area contributed by atoms with Gasteiger partial charge in [-0.25, -0.2) is 9.53 Å². The molecule has 0 unspecified atom stereocenters. The van der Waals surface area contributed by atoms with Crippen LogP contribution in [0.5, 0.6) is 0 Å². The van der Waals surface area contributed by atoms with Gasteiger partial charge in [0.1, 0.15) is 0 Å². The van der Waals surface area contributed by atoms with Crippen LogP contribution in [0, 0.1) is 0 Å². The van der Waals surface area contributed by atoms with Crippen molar-refractivity contribution in [2.24, 2.45) is 7.05 Å². The Kier molecular flexibility index (Phi) is 1.66. The van der Waals surface area contributed by atoms with Crippen molar-refractivity contribution in [3.63, 3.8) is 0 Å². The molecule has 0 spiro atoms. The van der Waals surface area contributed by atoms with Crippen molar-refractivity contribution in [3.05, 3.63) is 22.2 Å². The van der Waals surface area contributed by atoms with Crippen molar-refractivity contribution in [2.75, 3.05) is 0 Å². The lowest BCUT2D eigenvalue weighted by Gasteiger charge is -1.93. The van der Waals surface area contributed by atoms with E-state index in [9.17, 15) is 4.79 Å². The van der Waals surface area contributed by atoms with Gasteiger partial charge in [0.2, 0.25) is 0 Å². The Bertz CT molecular complexity index is 269. The summed E-state index contributed by atoms with van der Waals surface area (Å²) in [6.07, 6.45) is 1.72. The van der Waals surface area contributed by atoms with Gasteiger partial charge in [-0.05, 0) is 5.92 Å². The van der Waals surface area contributed by atoms with Gasteiger partial charge < -0.3 is 4.52 Å². The Morgan fingerprint density at radius 3 is 2.40 bits per heavy atom. The number of aryl methyl sites for hydroxylation is 1. The van der Waals surface area contributed by atoms with Gasteiger partial charge in [-0.3, -0.25) is 0 Å². The first-order valence-corrected chi connectivity index (χ1v) is 3.28. The minimum Gasteiger partial charge on any atom is -0.336 e. The Hall–Kier alpha value is -0.990. The lowest BCUT2D eigenvalue weighted by Crippen LogP contribution is -2.02. The molecule has 0 saturated heterocycles. The number of hydrogen-bond donors (Lipinski definition) is 0. The highest BCUT2D eigenvalue weighted by molar-refractivity contribution is 5.06. The van der Waals surface area contributed by atoms with Crippen LogP contribution in [0.2, 0.25) is 0 Å². The Balaban J connectivity index is 3.16. The zero-order valence-electron chi connectivity index (χ0n) is 6.42. The van der Waals surface area contributed by atoms with E-state index in [2.05, 4.69) is 0 Å². The predicted molar refractivity (Wildman–Crippen MR) is 38.0 cm³/mol. The van der Waals surface area contributed by atoms with Gasteiger partial charge >= 0.3 is 5.63 Å². The second-order valence-corrected chi connectivity index (χ2v) is 2.66. The van der Waals surface area contributed by atoms with Gasteiger partial charge in [-0.15, -0.1) is 0 Å². The number of nitrogens with zero attached hydrogens (tertiary/aromatic N) is 1. The highest BCUT2D eigenvalue weighted by Crippen LogP contribution is 2.07. The maximum Gasteiger partial charge on any atom is 0.360 e. The van der Waals surface area contributed by atoms with Crippen molar-refractivity contribution in [1.82, 2.24) is 4.74 Å². The van der Waals surface area contributed by atoms with E-state index in [1.807, 2.05) is 13.8 Å². The molecular weight excluding hydrogens is 130 g/mol. The van der Waals surface area contributed by atoms with Crippen LogP contribution >= 0.6 is 0 Å². The maximum absolute atomic E-state index is 10.9. The van der Waals surface area contributed by atoms with Crippen LogP contribution in [0.3, 0.4) is 0 Å². The highest BCUT2D eigenvalue weighted by atomic mass is 16.5. The summed E-state index contributed by atoms with van der Waals surface area (Å²) in [5, 5.41) is 0. The zero-order chi connectivity index (χ0) is 7.72. The molecule has 0 atom stereocenters. The fourth-order valence-corrected chi connectivity index (χ4v) is 0.843. The third kappa shape index (κ3) is 1.12. The molecule has 3 nitrogen and oxygen atoms in total. The second kappa shape index (κ2) is 2.33. The first-order chi connectivity index (χ1) is 4.61. The normalized spacial score (nSPS) is 10.8. The number of rotatable bonds is 1. The molecule has 0 N–H and O–H groups in total. The van der Waals surface area contributed by atoms with Crippen LogP contribution in [0.4, 0.5) is 0 Å². The van der Waals surface area contributed by atoms with Crippen LogP contribution in [0.15, 0.2) is 15.5 Å². The smallest absolute Gasteiger partial charge is 0.336 e. The molecule has 3 heteroatoms. The molecule has 0 saturated carbocycles. The van der Waals surface area contributed by atoms with Crippen LogP contribution in [0.1, 0.15) is 25.3 Å². The van der Waals surface area contributed by atoms with Crippen molar-refractivity contribution in [2.45, 2.75) is 19.8 Å². The fourth-order valence-electron chi connectivity index (χ4n) is 0.843. The summed E-state index contributed by atoms with van der Waals surface area (Å²) in [7, 11) is 1.70. The molecule has 56 valence electrons. The summed E-state index contributed by atoms with van der Waals surface area (Å²) in [4.78, 5) is 10.9. The molecule has 0 aromatic carbocycles. The van der Waals surface area contributed by atoms with E-state index in [1.54, 1.807) is 13.2 Å². The van der Waals surface area contributed by atoms with Gasteiger partial charge in [-0.1, -0.05) is 13.8 Å². The largest absolute Gasteiger partial charge is 0.360 e. The van der Waals surface area contributed by atoms with Crippen molar-refractivity contribution >= 4 is 0 Å². The predicted octanol–water partition coefficient (Wildman–Crippen LogP) is 1.10. The molecule has 0 fully saturated rings. The molecule has 0 bridgehead atoms. The van der Waals surface area contributed by atoms with Crippen LogP contribution < -0.4 is 5.63 Å². The molecule has 1 aromatic rings. The summed E-state index contributed by atoms with van der Waals surface area (Å²) >= 11 is 0. The molecule has 0 aliphatic heterocycles. The first kappa shape index (κ1) is 7.12. The summed E-state index contributed by atoms with van der Waals surface area (Å²) in [6, 6.07) is 0. The third-order valence-electron chi connectivity index (χ3n) is 1.41. The standard InChI is InChI=1S/C7H11NO2/c1-5(2)6-4-8(3)10-7(6)9/h4-5H,1-3H3. The molecular formula is C7H11NO2. The van der Waals surface area contributed by atoms with Crippen LogP contribution in [-0.2, 0) is 7.05 Å². The molecule has 0 radical (unpaired) electrons. The van der Waals surface area contributed by atoms with Gasteiger partial charge in [-0.2, -0.15) is 0 Å². The topological polar surface area (TPSA) is 35.1 Å². The maximum atomic E-state index is 10.9. The zero-order valence-corrected chi connectivity index (χ0v) is 6.42. The molecule has 1 heterocycles. The second-order valence-electron chi connectivity index (χ2n) is 2.66. The van der Waals surface area contributed by atoms with E-state index >= 15 is 0 Å². The quantitative estimate of drug-likeness (QED) is 0.587. The molecule has 0 amide bonds. The fraction of sp³-hybridized carbons (Fsp3) is 0.571. The molecule has 0 aliphatic rings. The van der Waals surface area contributed by atoms with Gasteiger partial charge in [0.25, 0.3) is 0 Å². The summed E-state index contributed by atoms with van der Waals surface area (Å²) in [5.74, 6) is 0.248. The Morgan fingerprint density at radius 1 is 1.60 bits per heavy atom. The first-order valence-electron chi connectivity index (χ1n) is 3.28. The Labute approximate surface area is 59.2 Å². The average molecular weight is 141 g/mol. The van der Waals surface area contributed by atoms with E-state index < -0.39 is 0 Å². The lowest BCUT2D eigenvalue weighted by atomic mass is 10.1. The molecule has 10 heavy (non-hydrogen) atoms. The minimum atomic E-state index is -0.225. The number of hydrogen-bond acceptors (Lipinski definition) is 2. The van der Waals surface area contributed by atoms with Crippen molar-refractivity contribution < 1.29 is 4.52 Å². The van der Waals surface area contributed by atoms with E-state index in [1.165, 1.54) is 4.74 Å². The van der Waals surface area contributed by atoms with E-state index in [0.717, 1.165) is 5.56 Å². The molecule has 1 rings (SSSR count). The van der Waals surface area contributed by atoms with E-state index in [4.69, 9.17) is 4.52 Å². The van der Waals surface area contributed by atoms with Gasteiger partial charge in [0.05, 0.1) is 5.56 Å².